The molecule has 0 saturated carbocycles. The van der Waals surface area contributed by atoms with Crippen molar-refractivity contribution in [3.05, 3.63) is 41.7 Å². The van der Waals surface area contributed by atoms with E-state index < -0.39 is 6.10 Å². The molecule has 7 nitrogen and oxygen atoms in total. The molecule has 23 heavy (non-hydrogen) atoms. The highest BCUT2D eigenvalue weighted by atomic mass is 16.5. The average molecular weight is 318 g/mol. The van der Waals surface area contributed by atoms with Crippen LogP contribution in [0.25, 0.3) is 0 Å². The number of ether oxygens (including phenoxy) is 2. The lowest BCUT2D eigenvalue weighted by Gasteiger charge is -2.23. The van der Waals surface area contributed by atoms with Gasteiger partial charge in [-0.05, 0) is 29.3 Å². The summed E-state index contributed by atoms with van der Waals surface area (Å²) in [7, 11) is 3.04. The topological polar surface area (TPSA) is 85.0 Å². The minimum absolute atomic E-state index is 0.0869. The standard InChI is InChI=1S/C16H18N2O5/c1-21-12-5-3-4-10(6-12)13-7-11(19)9-18(13)16(20)14-8-15(22-2)17-23-14/h3-6,8,11,13,19H,7,9H2,1-2H3/t11-,13+/m0/s1. The molecule has 1 N–H and O–H groups in total. The lowest BCUT2D eigenvalue weighted by atomic mass is 10.0. The average Bonchev–Trinajstić information content (AvgIpc) is 3.20. The second-order valence-corrected chi connectivity index (χ2v) is 5.37. The van der Waals surface area contributed by atoms with Gasteiger partial charge in [0.25, 0.3) is 11.8 Å². The third-order valence-electron chi connectivity index (χ3n) is 3.93. The van der Waals surface area contributed by atoms with Crippen molar-refractivity contribution in [3.8, 4) is 11.6 Å². The van der Waals surface area contributed by atoms with Crippen molar-refractivity contribution in [2.45, 2.75) is 18.6 Å². The van der Waals surface area contributed by atoms with Crippen LogP contribution in [0.3, 0.4) is 0 Å². The first-order valence-electron chi connectivity index (χ1n) is 7.26. The fraction of sp³-hybridized carbons (Fsp3) is 0.375. The van der Waals surface area contributed by atoms with E-state index in [-0.39, 0.29) is 30.1 Å². The number of nitrogens with zero attached hydrogens (tertiary/aromatic N) is 2. The molecule has 2 atom stereocenters. The summed E-state index contributed by atoms with van der Waals surface area (Å²) >= 11 is 0. The first-order valence-corrected chi connectivity index (χ1v) is 7.26. The molecule has 1 amide bonds. The van der Waals surface area contributed by atoms with Crippen molar-refractivity contribution in [3.63, 3.8) is 0 Å². The summed E-state index contributed by atoms with van der Waals surface area (Å²) in [4.78, 5) is 14.2. The normalized spacial score (nSPS) is 20.6. The Morgan fingerprint density at radius 1 is 1.35 bits per heavy atom. The SMILES string of the molecule is COc1cccc([C@H]2C[C@H](O)CN2C(=O)c2cc(OC)no2)c1. The van der Waals surface area contributed by atoms with Crippen LogP contribution in [-0.2, 0) is 0 Å². The molecule has 1 saturated heterocycles. The number of amides is 1. The predicted octanol–water partition coefficient (Wildman–Crippen LogP) is 1.64. The Morgan fingerprint density at radius 2 is 2.17 bits per heavy atom. The summed E-state index contributed by atoms with van der Waals surface area (Å²) in [5, 5.41) is 13.7. The highest BCUT2D eigenvalue weighted by Gasteiger charge is 2.37. The predicted molar refractivity (Wildman–Crippen MR) is 80.5 cm³/mol. The summed E-state index contributed by atoms with van der Waals surface area (Å²) < 4.78 is 15.2. The van der Waals surface area contributed by atoms with E-state index in [1.165, 1.54) is 13.2 Å². The third kappa shape index (κ3) is 3.00. The fourth-order valence-electron chi connectivity index (χ4n) is 2.80. The number of hydrogen-bond acceptors (Lipinski definition) is 6. The van der Waals surface area contributed by atoms with E-state index >= 15 is 0 Å². The van der Waals surface area contributed by atoms with Crippen molar-refractivity contribution in [1.82, 2.24) is 10.1 Å². The zero-order chi connectivity index (χ0) is 16.4. The molecule has 3 rings (SSSR count). The number of benzene rings is 1. The number of carbonyl (C=O) groups excluding carboxylic acids is 1. The molecular weight excluding hydrogens is 300 g/mol. The molecular formula is C16H18N2O5. The quantitative estimate of drug-likeness (QED) is 0.922. The number of aliphatic hydroxyl groups is 1. The van der Waals surface area contributed by atoms with Crippen molar-refractivity contribution in [2.75, 3.05) is 20.8 Å². The molecule has 0 bridgehead atoms. The lowest BCUT2D eigenvalue weighted by molar-refractivity contribution is 0.0673. The van der Waals surface area contributed by atoms with E-state index in [9.17, 15) is 9.90 Å². The van der Waals surface area contributed by atoms with Crippen LogP contribution in [0, 0.1) is 0 Å². The van der Waals surface area contributed by atoms with E-state index in [4.69, 9.17) is 14.0 Å². The number of likely N-dealkylation sites (tertiary alicyclic amines) is 1. The van der Waals surface area contributed by atoms with Crippen LogP contribution < -0.4 is 9.47 Å². The van der Waals surface area contributed by atoms with Crippen LogP contribution in [0.5, 0.6) is 11.6 Å². The molecule has 1 aromatic carbocycles. The maximum absolute atomic E-state index is 12.7. The largest absolute Gasteiger partial charge is 0.497 e. The van der Waals surface area contributed by atoms with Crippen LogP contribution in [0.15, 0.2) is 34.9 Å². The fourth-order valence-corrected chi connectivity index (χ4v) is 2.80. The first kappa shape index (κ1) is 15.4. The molecule has 0 radical (unpaired) electrons. The Morgan fingerprint density at radius 3 is 2.87 bits per heavy atom. The second-order valence-electron chi connectivity index (χ2n) is 5.37. The number of hydrogen-bond donors (Lipinski definition) is 1. The Balaban J connectivity index is 1.88. The Kier molecular flexibility index (Phi) is 4.20. The smallest absolute Gasteiger partial charge is 0.293 e. The monoisotopic (exact) mass is 318 g/mol. The molecule has 0 unspecified atom stereocenters. The van der Waals surface area contributed by atoms with Crippen molar-refractivity contribution in [2.24, 2.45) is 0 Å². The molecule has 2 aromatic rings. The van der Waals surface area contributed by atoms with Gasteiger partial charge in [0, 0.05) is 6.54 Å². The number of β-amino-alcohol motifs (C(OH)–C–C–N with tert-alkyl or cyclic N) is 1. The Bertz CT molecular complexity index is 699. The summed E-state index contributed by atoms with van der Waals surface area (Å²) in [6, 6.07) is 8.66. The van der Waals surface area contributed by atoms with Gasteiger partial charge >= 0.3 is 0 Å². The van der Waals surface area contributed by atoms with Gasteiger partial charge in [0.2, 0.25) is 5.76 Å². The molecule has 1 aliphatic heterocycles. The molecule has 2 heterocycles. The molecule has 1 fully saturated rings. The van der Waals surface area contributed by atoms with Gasteiger partial charge in [0.05, 0.1) is 32.4 Å². The number of methoxy groups -OCH3 is 2. The van der Waals surface area contributed by atoms with E-state index in [0.717, 1.165) is 5.56 Å². The molecule has 0 spiro atoms. The van der Waals surface area contributed by atoms with Gasteiger partial charge in [-0.2, -0.15) is 0 Å². The minimum atomic E-state index is -0.583. The van der Waals surface area contributed by atoms with Gasteiger partial charge < -0.3 is 24.0 Å². The van der Waals surface area contributed by atoms with Crippen LogP contribution in [0.4, 0.5) is 0 Å². The van der Waals surface area contributed by atoms with Crippen LogP contribution in [0.2, 0.25) is 0 Å². The van der Waals surface area contributed by atoms with Crippen LogP contribution in [-0.4, -0.2) is 47.9 Å². The molecule has 1 aromatic heterocycles. The van der Waals surface area contributed by atoms with Crippen LogP contribution in [0.1, 0.15) is 28.6 Å². The second kappa shape index (κ2) is 6.29. The zero-order valence-electron chi connectivity index (χ0n) is 12.9. The molecule has 1 aliphatic rings. The summed E-state index contributed by atoms with van der Waals surface area (Å²) in [5.74, 6) is 0.706. The van der Waals surface area contributed by atoms with Gasteiger partial charge in [-0.3, -0.25) is 4.79 Å². The lowest BCUT2D eigenvalue weighted by Crippen LogP contribution is -2.31. The summed E-state index contributed by atoms with van der Waals surface area (Å²) in [5.41, 5.74) is 0.903. The highest BCUT2D eigenvalue weighted by molar-refractivity contribution is 5.92. The molecule has 122 valence electrons. The Labute approximate surface area is 133 Å². The third-order valence-corrected chi connectivity index (χ3v) is 3.93. The van der Waals surface area contributed by atoms with Crippen molar-refractivity contribution in [1.29, 1.82) is 0 Å². The molecule has 7 heteroatoms. The first-order chi connectivity index (χ1) is 11.1. The zero-order valence-corrected chi connectivity index (χ0v) is 12.9. The maximum atomic E-state index is 12.7. The number of aliphatic hydroxyl groups excluding tert-OH is 1. The highest BCUT2D eigenvalue weighted by Crippen LogP contribution is 2.35. The minimum Gasteiger partial charge on any atom is -0.497 e. The van der Waals surface area contributed by atoms with E-state index in [1.54, 1.807) is 12.0 Å². The van der Waals surface area contributed by atoms with Gasteiger partial charge in [-0.15, -0.1) is 0 Å². The van der Waals surface area contributed by atoms with Crippen molar-refractivity contribution < 1.29 is 23.9 Å². The van der Waals surface area contributed by atoms with Crippen LogP contribution >= 0.6 is 0 Å². The Hall–Kier alpha value is -2.54. The van der Waals surface area contributed by atoms with Gasteiger partial charge in [0.15, 0.2) is 0 Å². The number of aromatic nitrogens is 1. The maximum Gasteiger partial charge on any atom is 0.293 e. The van der Waals surface area contributed by atoms with E-state index in [0.29, 0.717) is 12.2 Å². The van der Waals surface area contributed by atoms with Gasteiger partial charge in [-0.25, -0.2) is 0 Å². The van der Waals surface area contributed by atoms with Gasteiger partial charge in [-0.1, -0.05) is 12.1 Å². The van der Waals surface area contributed by atoms with E-state index in [1.807, 2.05) is 24.3 Å². The van der Waals surface area contributed by atoms with E-state index in [2.05, 4.69) is 5.16 Å². The van der Waals surface area contributed by atoms with Crippen molar-refractivity contribution >= 4 is 5.91 Å². The summed E-state index contributed by atoms with van der Waals surface area (Å²) in [6.45, 7) is 0.240. The van der Waals surface area contributed by atoms with Gasteiger partial charge in [0.1, 0.15) is 5.75 Å². The summed E-state index contributed by atoms with van der Waals surface area (Å²) in [6.07, 6.45) is -0.121. The molecule has 0 aliphatic carbocycles. The number of rotatable bonds is 4. The number of carbonyl (C=O) groups is 1.